The van der Waals surface area contributed by atoms with Crippen LogP contribution in [-0.4, -0.2) is 44.0 Å². The number of hydrogen-bond acceptors (Lipinski definition) is 7. The first-order valence-corrected chi connectivity index (χ1v) is 15.9. The number of aryl methyl sites for hydroxylation is 1. The average Bonchev–Trinajstić information content (AvgIpc) is 3.70. The first-order valence-electron chi connectivity index (χ1n) is 15.5. The molecule has 0 saturated carbocycles. The standard InChI is InChI=1S/C37H34ClN5O3/c1-4-23-15-25-11-13-39-35(33(25)40-18-23)41-31-10-6-8-28(22(31)3)27-7-5-9-29(21(27)2)36-42-32-17-24(16-30(38)34(32)46-36)19-43-14-12-26(20-43)37(44)45/h5-11,13,15-18,26H,4,12,14,19-20H2,1-3H3,(H,39,41)(H,44,45). The monoisotopic (exact) mass is 631 g/mol. The number of fused-ring (bicyclic) bond motifs is 2. The van der Waals surface area contributed by atoms with Crippen molar-refractivity contribution in [3.05, 3.63) is 100 Å². The van der Waals surface area contributed by atoms with Crippen LogP contribution in [-0.2, 0) is 17.8 Å². The maximum Gasteiger partial charge on any atom is 0.307 e. The van der Waals surface area contributed by atoms with Crippen LogP contribution in [0.2, 0.25) is 5.02 Å². The number of carboxylic acid groups (broad SMARTS) is 1. The predicted octanol–water partition coefficient (Wildman–Crippen LogP) is 8.59. The molecule has 1 aliphatic heterocycles. The third-order valence-electron chi connectivity index (χ3n) is 9.04. The summed E-state index contributed by atoms with van der Waals surface area (Å²) in [5.74, 6) is 0.164. The molecular formula is C37H34ClN5O3. The fourth-order valence-corrected chi connectivity index (χ4v) is 6.70. The van der Waals surface area contributed by atoms with Gasteiger partial charge in [-0.25, -0.2) is 9.97 Å². The maximum absolute atomic E-state index is 11.4. The van der Waals surface area contributed by atoms with E-state index in [1.807, 2.05) is 48.8 Å². The van der Waals surface area contributed by atoms with E-state index in [1.54, 1.807) is 0 Å². The molecule has 3 aromatic carbocycles. The highest BCUT2D eigenvalue weighted by Crippen LogP contribution is 2.38. The van der Waals surface area contributed by atoms with Crippen LogP contribution in [0.5, 0.6) is 0 Å². The summed E-state index contributed by atoms with van der Waals surface area (Å²) in [6.07, 6.45) is 5.32. The number of halogens is 1. The van der Waals surface area contributed by atoms with Gasteiger partial charge in [0.05, 0.1) is 10.9 Å². The fourth-order valence-electron chi connectivity index (χ4n) is 6.43. The van der Waals surface area contributed by atoms with Gasteiger partial charge in [0.15, 0.2) is 11.4 Å². The lowest BCUT2D eigenvalue weighted by molar-refractivity contribution is -0.141. The van der Waals surface area contributed by atoms with Crippen molar-refractivity contribution in [1.29, 1.82) is 0 Å². The van der Waals surface area contributed by atoms with Gasteiger partial charge in [0, 0.05) is 42.1 Å². The highest BCUT2D eigenvalue weighted by atomic mass is 35.5. The molecule has 1 fully saturated rings. The number of nitrogens with one attached hydrogen (secondary N) is 1. The third-order valence-corrected chi connectivity index (χ3v) is 9.32. The van der Waals surface area contributed by atoms with Crippen LogP contribution >= 0.6 is 11.6 Å². The summed E-state index contributed by atoms with van der Waals surface area (Å²) >= 11 is 6.69. The average molecular weight is 632 g/mol. The molecule has 0 amide bonds. The minimum absolute atomic E-state index is 0.325. The number of aliphatic carboxylic acids is 1. The van der Waals surface area contributed by atoms with Gasteiger partial charge in [-0.2, -0.15) is 0 Å². The number of benzene rings is 3. The second-order valence-electron chi connectivity index (χ2n) is 12.0. The minimum atomic E-state index is -0.738. The highest BCUT2D eigenvalue weighted by molar-refractivity contribution is 6.34. The molecule has 0 spiro atoms. The molecule has 1 unspecified atom stereocenters. The van der Waals surface area contributed by atoms with Crippen LogP contribution < -0.4 is 5.32 Å². The van der Waals surface area contributed by atoms with E-state index in [1.165, 1.54) is 5.56 Å². The maximum atomic E-state index is 11.4. The van der Waals surface area contributed by atoms with Gasteiger partial charge in [0.2, 0.25) is 5.89 Å². The summed E-state index contributed by atoms with van der Waals surface area (Å²) in [5, 5.41) is 14.5. The van der Waals surface area contributed by atoms with Crippen LogP contribution in [0.1, 0.15) is 35.6 Å². The van der Waals surface area contributed by atoms with Crippen LogP contribution in [0.4, 0.5) is 11.5 Å². The zero-order valence-electron chi connectivity index (χ0n) is 26.0. The van der Waals surface area contributed by atoms with Crippen molar-refractivity contribution in [1.82, 2.24) is 19.9 Å². The summed E-state index contributed by atoms with van der Waals surface area (Å²) in [6, 6.07) is 20.4. The first kappa shape index (κ1) is 29.9. The van der Waals surface area contributed by atoms with E-state index in [0.717, 1.165) is 68.8 Å². The van der Waals surface area contributed by atoms with Gasteiger partial charge in [-0.05, 0) is 103 Å². The number of hydrogen-bond donors (Lipinski definition) is 2. The second kappa shape index (κ2) is 12.2. The molecule has 46 heavy (non-hydrogen) atoms. The van der Waals surface area contributed by atoms with Gasteiger partial charge in [0.25, 0.3) is 0 Å². The van der Waals surface area contributed by atoms with Gasteiger partial charge in [-0.15, -0.1) is 0 Å². The van der Waals surface area contributed by atoms with Crippen molar-refractivity contribution in [2.24, 2.45) is 5.92 Å². The summed E-state index contributed by atoms with van der Waals surface area (Å²) in [5.41, 5.74) is 10.4. The van der Waals surface area contributed by atoms with Gasteiger partial charge in [-0.1, -0.05) is 42.8 Å². The number of carbonyl (C=O) groups is 1. The summed E-state index contributed by atoms with van der Waals surface area (Å²) in [4.78, 5) is 27.7. The molecule has 3 aromatic heterocycles. The molecule has 7 rings (SSSR count). The number of carboxylic acids is 1. The smallest absolute Gasteiger partial charge is 0.307 e. The van der Waals surface area contributed by atoms with Crippen molar-refractivity contribution in [3.63, 3.8) is 0 Å². The number of likely N-dealkylation sites (tertiary alicyclic amines) is 1. The molecule has 9 heteroatoms. The van der Waals surface area contributed by atoms with Gasteiger partial charge >= 0.3 is 5.97 Å². The van der Waals surface area contributed by atoms with Crippen LogP contribution in [0.3, 0.4) is 0 Å². The van der Waals surface area contributed by atoms with E-state index in [-0.39, 0.29) is 5.92 Å². The number of rotatable bonds is 8. The number of pyridine rings is 2. The SMILES string of the molecule is CCc1cnc2c(Nc3cccc(-c4cccc(-c5nc6cc(CN7CCC(C(=O)O)C7)cc(Cl)c6o5)c4C)c3C)nccc2c1. The number of anilines is 2. The molecule has 0 aliphatic carbocycles. The molecule has 1 atom stereocenters. The van der Waals surface area contributed by atoms with E-state index in [4.69, 9.17) is 26.0 Å². The summed E-state index contributed by atoms with van der Waals surface area (Å²) in [7, 11) is 0. The van der Waals surface area contributed by atoms with E-state index in [0.29, 0.717) is 41.5 Å². The van der Waals surface area contributed by atoms with Crippen LogP contribution in [0.15, 0.2) is 77.5 Å². The van der Waals surface area contributed by atoms with Crippen molar-refractivity contribution in [2.75, 3.05) is 18.4 Å². The zero-order valence-corrected chi connectivity index (χ0v) is 26.7. The molecule has 2 N–H and O–H groups in total. The fraction of sp³-hybridized carbons (Fsp3) is 0.243. The van der Waals surface area contributed by atoms with E-state index in [2.05, 4.69) is 60.2 Å². The Bertz CT molecular complexity index is 2120. The van der Waals surface area contributed by atoms with Gasteiger partial charge < -0.3 is 14.8 Å². The zero-order chi connectivity index (χ0) is 31.9. The molecule has 1 aliphatic rings. The Labute approximate surface area is 272 Å². The van der Waals surface area contributed by atoms with Crippen LogP contribution in [0, 0.1) is 19.8 Å². The van der Waals surface area contributed by atoms with E-state index >= 15 is 0 Å². The lowest BCUT2D eigenvalue weighted by Crippen LogP contribution is -2.22. The minimum Gasteiger partial charge on any atom is -0.481 e. The van der Waals surface area contributed by atoms with Crippen molar-refractivity contribution < 1.29 is 14.3 Å². The predicted molar refractivity (Wildman–Crippen MR) is 183 cm³/mol. The Morgan fingerprint density at radius 1 is 1.02 bits per heavy atom. The molecule has 4 heterocycles. The Morgan fingerprint density at radius 3 is 2.59 bits per heavy atom. The Morgan fingerprint density at radius 2 is 1.80 bits per heavy atom. The summed E-state index contributed by atoms with van der Waals surface area (Å²) in [6.45, 7) is 8.21. The molecule has 0 bridgehead atoms. The number of oxazole rings is 1. The van der Waals surface area contributed by atoms with Crippen molar-refractivity contribution in [2.45, 2.75) is 40.2 Å². The first-order chi connectivity index (χ1) is 22.3. The van der Waals surface area contributed by atoms with E-state index < -0.39 is 5.97 Å². The third kappa shape index (κ3) is 5.59. The molecule has 1 saturated heterocycles. The highest BCUT2D eigenvalue weighted by Gasteiger charge is 2.28. The topological polar surface area (TPSA) is 104 Å². The summed E-state index contributed by atoms with van der Waals surface area (Å²) < 4.78 is 6.26. The second-order valence-corrected chi connectivity index (χ2v) is 12.4. The largest absolute Gasteiger partial charge is 0.481 e. The normalized spacial score (nSPS) is 15.2. The number of nitrogens with zero attached hydrogens (tertiary/aromatic N) is 4. The number of aromatic nitrogens is 3. The lowest BCUT2D eigenvalue weighted by Gasteiger charge is -2.16. The van der Waals surface area contributed by atoms with Gasteiger partial charge in [-0.3, -0.25) is 14.7 Å². The van der Waals surface area contributed by atoms with Crippen LogP contribution in [0.25, 0.3) is 44.6 Å². The molecule has 232 valence electrons. The Hall–Kier alpha value is -4.79. The quantitative estimate of drug-likeness (QED) is 0.172. The van der Waals surface area contributed by atoms with Gasteiger partial charge in [0.1, 0.15) is 11.0 Å². The lowest BCUT2D eigenvalue weighted by atomic mass is 9.93. The van der Waals surface area contributed by atoms with Crippen molar-refractivity contribution in [3.8, 4) is 22.6 Å². The Balaban J connectivity index is 1.19. The molecule has 6 aromatic rings. The molecule has 0 radical (unpaired) electrons. The molecular weight excluding hydrogens is 598 g/mol. The van der Waals surface area contributed by atoms with E-state index in [9.17, 15) is 9.90 Å². The van der Waals surface area contributed by atoms with Crippen molar-refractivity contribution >= 4 is 51.1 Å². The molecule has 8 nitrogen and oxygen atoms in total. The Kier molecular flexibility index (Phi) is 7.92.